The van der Waals surface area contributed by atoms with E-state index in [4.69, 9.17) is 4.74 Å². The summed E-state index contributed by atoms with van der Waals surface area (Å²) in [6, 6.07) is 6.15. The molecule has 3 atom stereocenters. The number of hydrogen-bond acceptors (Lipinski definition) is 5. The van der Waals surface area contributed by atoms with E-state index in [1.807, 2.05) is 0 Å². The van der Waals surface area contributed by atoms with Gasteiger partial charge in [0, 0.05) is 12.6 Å². The number of quaternary nitrogens is 1. The number of likely N-dealkylation sites (tertiary alicyclic amines) is 1. The van der Waals surface area contributed by atoms with Gasteiger partial charge in [-0.15, -0.1) is 0 Å². The number of piperidine rings is 1. The number of amides is 3. The van der Waals surface area contributed by atoms with E-state index in [1.54, 1.807) is 31.2 Å². The van der Waals surface area contributed by atoms with E-state index in [-0.39, 0.29) is 36.0 Å². The predicted molar refractivity (Wildman–Crippen MR) is 102 cm³/mol. The standard InChI is InChI=1S/C20H25N3O5/c1-3-28-20(27)14-5-4-10-22(12-14)17-11-18(25)23(19(17)26)16-8-6-15(7-9-16)21-13(2)24/h6-9,14,17H,3-5,10-12H2,1-2H3,(H,21,24)/p+1/t14-,17-/m1/s1. The first-order valence-corrected chi connectivity index (χ1v) is 9.66. The van der Waals surface area contributed by atoms with Crippen LogP contribution in [0.5, 0.6) is 0 Å². The minimum absolute atomic E-state index is 0.136. The van der Waals surface area contributed by atoms with Gasteiger partial charge in [-0.3, -0.25) is 19.2 Å². The van der Waals surface area contributed by atoms with Crippen molar-refractivity contribution < 1.29 is 28.8 Å². The molecule has 28 heavy (non-hydrogen) atoms. The molecule has 150 valence electrons. The molecule has 0 radical (unpaired) electrons. The summed E-state index contributed by atoms with van der Waals surface area (Å²) in [4.78, 5) is 50.9. The molecule has 2 N–H and O–H groups in total. The van der Waals surface area contributed by atoms with Gasteiger partial charge in [0.05, 0.1) is 31.8 Å². The number of nitrogens with zero attached hydrogens (tertiary/aromatic N) is 1. The average Bonchev–Trinajstić information content (AvgIpc) is 2.97. The summed E-state index contributed by atoms with van der Waals surface area (Å²) in [5.41, 5.74) is 1.09. The van der Waals surface area contributed by atoms with Gasteiger partial charge in [-0.25, -0.2) is 4.90 Å². The monoisotopic (exact) mass is 388 g/mol. The molecule has 8 heteroatoms. The van der Waals surface area contributed by atoms with Crippen molar-refractivity contribution in [2.24, 2.45) is 5.92 Å². The van der Waals surface area contributed by atoms with E-state index in [1.165, 1.54) is 11.8 Å². The summed E-state index contributed by atoms with van der Waals surface area (Å²) in [6.07, 6.45) is 1.71. The van der Waals surface area contributed by atoms with Crippen molar-refractivity contribution in [1.82, 2.24) is 0 Å². The number of hydrogen-bond donors (Lipinski definition) is 2. The third-order valence-corrected chi connectivity index (χ3v) is 5.26. The van der Waals surface area contributed by atoms with Crippen LogP contribution in [-0.4, -0.2) is 49.4 Å². The molecule has 2 saturated heterocycles. The first-order chi connectivity index (χ1) is 13.4. The van der Waals surface area contributed by atoms with Crippen LogP contribution < -0.4 is 15.1 Å². The molecule has 2 heterocycles. The van der Waals surface area contributed by atoms with Gasteiger partial charge in [-0.05, 0) is 44.0 Å². The normalized spacial score (nSPS) is 24.9. The Hall–Kier alpha value is -2.74. The maximum absolute atomic E-state index is 13.0. The topological polar surface area (TPSA) is 97.2 Å². The molecule has 2 aliphatic rings. The van der Waals surface area contributed by atoms with Crippen LogP contribution in [-0.2, 0) is 23.9 Å². The number of carbonyl (C=O) groups excluding carboxylic acids is 4. The summed E-state index contributed by atoms with van der Waals surface area (Å²) in [5, 5.41) is 2.66. The zero-order chi connectivity index (χ0) is 20.3. The second-order valence-electron chi connectivity index (χ2n) is 7.26. The highest BCUT2D eigenvalue weighted by Gasteiger charge is 2.47. The summed E-state index contributed by atoms with van der Waals surface area (Å²) in [7, 11) is 0. The van der Waals surface area contributed by atoms with E-state index >= 15 is 0 Å². The van der Waals surface area contributed by atoms with E-state index in [9.17, 15) is 19.2 Å². The Labute approximate surface area is 163 Å². The van der Waals surface area contributed by atoms with Crippen LogP contribution >= 0.6 is 0 Å². The number of carbonyl (C=O) groups is 4. The molecule has 0 aliphatic carbocycles. The minimum atomic E-state index is -0.472. The lowest BCUT2D eigenvalue weighted by atomic mass is 9.96. The molecule has 0 spiro atoms. The summed E-state index contributed by atoms with van der Waals surface area (Å²) >= 11 is 0. The third kappa shape index (κ3) is 4.22. The zero-order valence-electron chi connectivity index (χ0n) is 16.2. The number of nitrogens with one attached hydrogen (secondary N) is 2. The molecule has 1 aromatic rings. The van der Waals surface area contributed by atoms with Gasteiger partial charge < -0.3 is 15.0 Å². The predicted octanol–water partition coefficient (Wildman–Crippen LogP) is 0.135. The molecule has 1 unspecified atom stereocenters. The fraction of sp³-hybridized carbons (Fsp3) is 0.500. The molecule has 3 rings (SSSR count). The summed E-state index contributed by atoms with van der Waals surface area (Å²) < 4.78 is 5.12. The van der Waals surface area contributed by atoms with Crippen LogP contribution in [0.2, 0.25) is 0 Å². The molecular weight excluding hydrogens is 362 g/mol. The second kappa shape index (κ2) is 8.52. The smallest absolute Gasteiger partial charge is 0.314 e. The molecule has 2 fully saturated rings. The van der Waals surface area contributed by atoms with Gasteiger partial charge in [0.25, 0.3) is 5.91 Å². The SMILES string of the molecule is CCOC(=O)[C@@H]1CCC[NH+]([C@@H]2CC(=O)N(c3ccc(NC(C)=O)cc3)C2=O)C1. The van der Waals surface area contributed by atoms with Crippen molar-refractivity contribution in [1.29, 1.82) is 0 Å². The van der Waals surface area contributed by atoms with Crippen molar-refractivity contribution in [3.05, 3.63) is 24.3 Å². The summed E-state index contributed by atoms with van der Waals surface area (Å²) in [6.45, 7) is 4.80. The van der Waals surface area contributed by atoms with Gasteiger partial charge in [-0.1, -0.05) is 0 Å². The Kier molecular flexibility index (Phi) is 6.08. The fourth-order valence-electron chi connectivity index (χ4n) is 3.99. The van der Waals surface area contributed by atoms with Gasteiger partial charge in [0.15, 0.2) is 6.04 Å². The summed E-state index contributed by atoms with van der Waals surface area (Å²) in [5.74, 6) is -1.12. The first-order valence-electron chi connectivity index (χ1n) is 9.66. The van der Waals surface area contributed by atoms with Crippen molar-refractivity contribution in [3.8, 4) is 0 Å². The van der Waals surface area contributed by atoms with Gasteiger partial charge in [0.2, 0.25) is 11.8 Å². The lowest BCUT2D eigenvalue weighted by Gasteiger charge is -2.31. The number of rotatable bonds is 5. The van der Waals surface area contributed by atoms with E-state index in [0.717, 1.165) is 24.3 Å². The van der Waals surface area contributed by atoms with Crippen LogP contribution in [0.1, 0.15) is 33.1 Å². The largest absolute Gasteiger partial charge is 0.466 e. The van der Waals surface area contributed by atoms with Crippen LogP contribution in [0.25, 0.3) is 0 Å². The third-order valence-electron chi connectivity index (χ3n) is 5.26. The van der Waals surface area contributed by atoms with E-state index in [2.05, 4.69) is 5.32 Å². The minimum Gasteiger partial charge on any atom is -0.466 e. The van der Waals surface area contributed by atoms with Crippen molar-refractivity contribution in [2.45, 2.75) is 39.2 Å². The van der Waals surface area contributed by atoms with Crippen molar-refractivity contribution >= 4 is 35.1 Å². The molecule has 0 saturated carbocycles. The van der Waals surface area contributed by atoms with Gasteiger partial charge >= 0.3 is 5.97 Å². The van der Waals surface area contributed by atoms with Crippen LogP contribution in [0.3, 0.4) is 0 Å². The number of anilines is 2. The van der Waals surface area contributed by atoms with Crippen molar-refractivity contribution in [3.63, 3.8) is 0 Å². The molecule has 3 amide bonds. The van der Waals surface area contributed by atoms with Gasteiger partial charge in [0.1, 0.15) is 5.92 Å². The number of benzene rings is 1. The number of ether oxygens (including phenoxy) is 1. The molecular formula is C20H26N3O5+. The first kappa shape index (κ1) is 20.0. The van der Waals surface area contributed by atoms with Crippen molar-refractivity contribution in [2.75, 3.05) is 29.9 Å². The Morgan fingerprint density at radius 2 is 1.96 bits per heavy atom. The highest BCUT2D eigenvalue weighted by Crippen LogP contribution is 2.24. The Morgan fingerprint density at radius 1 is 1.25 bits per heavy atom. The lowest BCUT2D eigenvalue weighted by Crippen LogP contribution is -3.18. The van der Waals surface area contributed by atoms with E-state index in [0.29, 0.717) is 24.5 Å². The molecule has 0 bridgehead atoms. The fourth-order valence-corrected chi connectivity index (χ4v) is 3.99. The Bertz CT molecular complexity index is 777. The molecule has 8 nitrogen and oxygen atoms in total. The quantitative estimate of drug-likeness (QED) is 0.552. The lowest BCUT2D eigenvalue weighted by molar-refractivity contribution is -0.922. The number of esters is 1. The molecule has 2 aliphatic heterocycles. The van der Waals surface area contributed by atoms with Crippen LogP contribution in [0.15, 0.2) is 24.3 Å². The second-order valence-corrected chi connectivity index (χ2v) is 7.26. The molecule has 1 aromatic carbocycles. The van der Waals surface area contributed by atoms with Crippen LogP contribution in [0, 0.1) is 5.92 Å². The van der Waals surface area contributed by atoms with E-state index < -0.39 is 6.04 Å². The Balaban J connectivity index is 1.71. The van der Waals surface area contributed by atoms with Gasteiger partial charge in [-0.2, -0.15) is 0 Å². The highest BCUT2D eigenvalue weighted by molar-refractivity contribution is 6.21. The highest BCUT2D eigenvalue weighted by atomic mass is 16.5. The zero-order valence-corrected chi connectivity index (χ0v) is 16.2. The number of imide groups is 1. The molecule has 0 aromatic heterocycles. The average molecular weight is 388 g/mol. The Morgan fingerprint density at radius 3 is 2.61 bits per heavy atom. The maximum atomic E-state index is 13.0. The maximum Gasteiger partial charge on any atom is 0.314 e. The van der Waals surface area contributed by atoms with Crippen LogP contribution in [0.4, 0.5) is 11.4 Å².